The van der Waals surface area contributed by atoms with Crippen LogP contribution in [-0.4, -0.2) is 23.1 Å². The molecule has 1 aliphatic rings. The summed E-state index contributed by atoms with van der Waals surface area (Å²) in [6.45, 7) is 1.48. The van der Waals surface area contributed by atoms with E-state index >= 15 is 0 Å². The van der Waals surface area contributed by atoms with E-state index in [1.165, 1.54) is 0 Å². The summed E-state index contributed by atoms with van der Waals surface area (Å²) in [6.07, 6.45) is 0. The molecular formula is C6H11Cl2N5O. The van der Waals surface area contributed by atoms with Crippen LogP contribution in [-0.2, 0) is 0 Å². The lowest BCUT2D eigenvalue weighted by Crippen LogP contribution is -2.28. The minimum absolute atomic E-state index is 0. The van der Waals surface area contributed by atoms with Crippen molar-refractivity contribution in [2.45, 2.75) is 0 Å². The van der Waals surface area contributed by atoms with Crippen molar-refractivity contribution in [3.63, 3.8) is 0 Å². The number of nitrogens with two attached hydrogens (primary N) is 1. The van der Waals surface area contributed by atoms with Crippen molar-refractivity contribution in [3.8, 4) is 0 Å². The van der Waals surface area contributed by atoms with Crippen molar-refractivity contribution >= 4 is 42.3 Å². The smallest absolute Gasteiger partial charge is 0.277 e. The predicted molar refractivity (Wildman–Crippen MR) is 60.7 cm³/mol. The molecule has 0 radical (unpaired) electrons. The molecule has 80 valence electrons. The van der Waals surface area contributed by atoms with E-state index in [0.29, 0.717) is 11.5 Å². The highest BCUT2D eigenvalue weighted by Crippen LogP contribution is 2.16. The van der Waals surface area contributed by atoms with Gasteiger partial charge in [0.15, 0.2) is 5.82 Å². The molecule has 0 aromatic carbocycles. The molecule has 6 nitrogen and oxygen atoms in total. The fourth-order valence-corrected chi connectivity index (χ4v) is 1.15. The van der Waals surface area contributed by atoms with Crippen LogP contribution in [0.4, 0.5) is 17.5 Å². The van der Waals surface area contributed by atoms with Crippen LogP contribution < -0.4 is 21.9 Å². The summed E-state index contributed by atoms with van der Waals surface area (Å²) in [6, 6.07) is 0. The fraction of sp³-hybridized carbons (Fsp3) is 0.333. The lowest BCUT2D eigenvalue weighted by atomic mass is 10.3. The molecule has 0 saturated carbocycles. The molecule has 0 saturated heterocycles. The number of nitrogens with one attached hydrogen (secondary N) is 3. The van der Waals surface area contributed by atoms with E-state index in [9.17, 15) is 4.79 Å². The van der Waals surface area contributed by atoms with Crippen molar-refractivity contribution in [2.75, 3.05) is 29.5 Å². The molecule has 0 atom stereocenters. The number of aromatic amines is 1. The van der Waals surface area contributed by atoms with Crippen molar-refractivity contribution < 1.29 is 0 Å². The van der Waals surface area contributed by atoms with Gasteiger partial charge < -0.3 is 16.4 Å². The number of aromatic nitrogens is 2. The predicted octanol–water partition coefficient (Wildman–Crippen LogP) is 0.0331. The molecule has 0 fully saturated rings. The highest BCUT2D eigenvalue weighted by Gasteiger charge is 2.12. The molecule has 8 heteroatoms. The normalized spacial score (nSPS) is 12.3. The van der Waals surface area contributed by atoms with E-state index in [2.05, 4.69) is 20.6 Å². The largest absolute Gasteiger partial charge is 0.376 e. The van der Waals surface area contributed by atoms with Gasteiger partial charge in [0.1, 0.15) is 5.69 Å². The number of hydrogen-bond acceptors (Lipinski definition) is 5. The van der Waals surface area contributed by atoms with Gasteiger partial charge in [-0.05, 0) is 0 Å². The van der Waals surface area contributed by atoms with E-state index in [1.807, 2.05) is 0 Å². The third-order valence-electron chi connectivity index (χ3n) is 1.66. The average Bonchev–Trinajstić information content (AvgIpc) is 2.04. The van der Waals surface area contributed by atoms with Crippen LogP contribution in [0.5, 0.6) is 0 Å². The number of nitrogen functional groups attached to an aromatic ring is 1. The second-order valence-electron chi connectivity index (χ2n) is 2.53. The number of halogens is 2. The van der Waals surface area contributed by atoms with Gasteiger partial charge in [0.25, 0.3) is 5.56 Å². The van der Waals surface area contributed by atoms with E-state index in [1.54, 1.807) is 0 Å². The summed E-state index contributed by atoms with van der Waals surface area (Å²) in [5, 5.41) is 5.90. The molecule has 1 aromatic rings. The van der Waals surface area contributed by atoms with E-state index < -0.39 is 0 Å². The van der Waals surface area contributed by atoms with Gasteiger partial charge in [0.05, 0.1) is 0 Å². The number of nitrogens with zero attached hydrogens (tertiary/aromatic N) is 1. The first-order valence-corrected chi connectivity index (χ1v) is 3.65. The minimum atomic E-state index is -0.232. The molecule has 0 unspecified atom stereocenters. The summed E-state index contributed by atoms with van der Waals surface area (Å²) in [5.74, 6) is 0.664. The summed E-state index contributed by atoms with van der Waals surface area (Å²) in [5.41, 5.74) is 5.58. The number of H-pyrrole nitrogens is 1. The van der Waals surface area contributed by atoms with Gasteiger partial charge in [-0.1, -0.05) is 0 Å². The third kappa shape index (κ3) is 2.21. The minimum Gasteiger partial charge on any atom is -0.376 e. The molecule has 14 heavy (non-hydrogen) atoms. The second kappa shape index (κ2) is 4.92. The van der Waals surface area contributed by atoms with Crippen LogP contribution in [0.2, 0.25) is 0 Å². The lowest BCUT2D eigenvalue weighted by Gasteiger charge is -2.17. The number of rotatable bonds is 0. The topological polar surface area (TPSA) is 95.8 Å². The quantitative estimate of drug-likeness (QED) is 0.513. The zero-order chi connectivity index (χ0) is 8.55. The summed E-state index contributed by atoms with van der Waals surface area (Å²) >= 11 is 0. The lowest BCUT2D eigenvalue weighted by molar-refractivity contribution is 0.990. The average molecular weight is 240 g/mol. The maximum absolute atomic E-state index is 11.2. The van der Waals surface area contributed by atoms with Crippen molar-refractivity contribution in [1.82, 2.24) is 9.97 Å². The maximum Gasteiger partial charge on any atom is 0.277 e. The van der Waals surface area contributed by atoms with Gasteiger partial charge in [0, 0.05) is 13.1 Å². The Morgan fingerprint density at radius 1 is 1.21 bits per heavy atom. The van der Waals surface area contributed by atoms with Gasteiger partial charge in [-0.15, -0.1) is 24.8 Å². The standard InChI is InChI=1S/C6H9N5O.2ClH/c7-6-10-4-3(5(12)11-6)8-1-2-9-4;;/h8H,1-2H2,(H4,7,9,10,11,12);2*1H. The van der Waals surface area contributed by atoms with Gasteiger partial charge in [-0.25, -0.2) is 0 Å². The van der Waals surface area contributed by atoms with Crippen LogP contribution in [0.15, 0.2) is 4.79 Å². The third-order valence-corrected chi connectivity index (χ3v) is 1.66. The van der Waals surface area contributed by atoms with Crippen LogP contribution in [0.25, 0.3) is 0 Å². The van der Waals surface area contributed by atoms with Crippen LogP contribution in [0, 0.1) is 0 Å². The Bertz CT molecular complexity index is 366. The SMILES string of the molecule is Cl.Cl.Nc1nc2c(c(=O)[nH]1)NCCN2. The van der Waals surface area contributed by atoms with Crippen molar-refractivity contribution in [3.05, 3.63) is 10.4 Å². The van der Waals surface area contributed by atoms with E-state index in [0.717, 1.165) is 13.1 Å². The summed E-state index contributed by atoms with van der Waals surface area (Å²) in [7, 11) is 0. The second-order valence-corrected chi connectivity index (χ2v) is 2.53. The monoisotopic (exact) mass is 239 g/mol. The first-order chi connectivity index (χ1) is 5.77. The molecule has 2 heterocycles. The molecular weight excluding hydrogens is 229 g/mol. The Kier molecular flexibility index (Phi) is 4.52. The molecule has 0 spiro atoms. The first kappa shape index (κ1) is 12.9. The zero-order valence-electron chi connectivity index (χ0n) is 7.16. The molecule has 1 aromatic heterocycles. The molecule has 0 bridgehead atoms. The molecule has 5 N–H and O–H groups in total. The molecule has 0 amide bonds. The van der Waals surface area contributed by atoms with Crippen molar-refractivity contribution in [2.24, 2.45) is 0 Å². The Morgan fingerprint density at radius 3 is 2.57 bits per heavy atom. The van der Waals surface area contributed by atoms with Crippen molar-refractivity contribution in [1.29, 1.82) is 0 Å². The summed E-state index contributed by atoms with van der Waals surface area (Å²) in [4.78, 5) is 17.5. The number of hydrogen-bond donors (Lipinski definition) is 4. The zero-order valence-corrected chi connectivity index (χ0v) is 8.80. The van der Waals surface area contributed by atoms with Gasteiger partial charge >= 0.3 is 0 Å². The Hall–Kier alpha value is -1.14. The highest BCUT2D eigenvalue weighted by molar-refractivity contribution is 5.85. The first-order valence-electron chi connectivity index (χ1n) is 3.65. The Morgan fingerprint density at radius 2 is 1.86 bits per heavy atom. The fourth-order valence-electron chi connectivity index (χ4n) is 1.15. The van der Waals surface area contributed by atoms with Gasteiger partial charge in [-0.3, -0.25) is 9.78 Å². The Balaban J connectivity index is 0.000000845. The van der Waals surface area contributed by atoms with Crippen LogP contribution in [0.1, 0.15) is 0 Å². The number of fused-ring (bicyclic) bond motifs is 1. The molecule has 1 aliphatic heterocycles. The van der Waals surface area contributed by atoms with Gasteiger partial charge in [-0.2, -0.15) is 4.98 Å². The Labute approximate surface area is 92.5 Å². The maximum atomic E-state index is 11.2. The molecule has 0 aliphatic carbocycles. The summed E-state index contributed by atoms with van der Waals surface area (Å²) < 4.78 is 0. The van der Waals surface area contributed by atoms with Crippen LogP contribution >= 0.6 is 24.8 Å². The van der Waals surface area contributed by atoms with Crippen LogP contribution in [0.3, 0.4) is 0 Å². The highest BCUT2D eigenvalue weighted by atomic mass is 35.5. The number of anilines is 3. The van der Waals surface area contributed by atoms with E-state index in [-0.39, 0.29) is 36.3 Å². The van der Waals surface area contributed by atoms with E-state index in [4.69, 9.17) is 5.73 Å². The molecule has 2 rings (SSSR count). The van der Waals surface area contributed by atoms with Gasteiger partial charge in [0.2, 0.25) is 5.95 Å².